The predicted octanol–water partition coefficient (Wildman–Crippen LogP) is 2.74. The van der Waals surface area contributed by atoms with Gasteiger partial charge >= 0.3 is 6.18 Å². The van der Waals surface area contributed by atoms with Gasteiger partial charge in [-0.05, 0) is 31.0 Å². The van der Waals surface area contributed by atoms with Crippen LogP contribution in [0.2, 0.25) is 0 Å². The molecular formula is C15H14F3N5O. The summed E-state index contributed by atoms with van der Waals surface area (Å²) in [4.78, 5) is 17.6. The van der Waals surface area contributed by atoms with Gasteiger partial charge in [0.05, 0.1) is 17.4 Å². The number of hydrogen-bond acceptors (Lipinski definition) is 5. The van der Waals surface area contributed by atoms with Crippen molar-refractivity contribution in [1.29, 1.82) is 0 Å². The molecule has 0 saturated carbocycles. The van der Waals surface area contributed by atoms with E-state index in [9.17, 15) is 18.0 Å². The molecule has 1 saturated heterocycles. The van der Waals surface area contributed by atoms with Crippen molar-refractivity contribution in [1.82, 2.24) is 15.2 Å². The zero-order valence-corrected chi connectivity index (χ0v) is 12.5. The average molecular weight is 337 g/mol. The summed E-state index contributed by atoms with van der Waals surface area (Å²) in [5, 5.41) is 10.2. The first-order chi connectivity index (χ1) is 11.4. The molecule has 1 aliphatic heterocycles. The van der Waals surface area contributed by atoms with E-state index < -0.39 is 17.6 Å². The molecule has 0 aliphatic carbocycles. The molecule has 2 aromatic rings. The molecule has 9 heteroatoms. The Labute approximate surface area is 135 Å². The van der Waals surface area contributed by atoms with Crippen LogP contribution < -0.4 is 10.2 Å². The number of alkyl halides is 3. The Hall–Kier alpha value is -2.71. The number of halogens is 3. The highest BCUT2D eigenvalue weighted by Crippen LogP contribution is 2.30. The van der Waals surface area contributed by atoms with Gasteiger partial charge in [0.1, 0.15) is 0 Å². The van der Waals surface area contributed by atoms with Crippen LogP contribution in [0.5, 0.6) is 0 Å². The van der Waals surface area contributed by atoms with Crippen LogP contribution in [0.15, 0.2) is 30.6 Å². The Morgan fingerprint density at radius 2 is 1.88 bits per heavy atom. The first kappa shape index (κ1) is 16.2. The second kappa shape index (κ2) is 6.42. The molecule has 0 atom stereocenters. The molecule has 0 spiro atoms. The summed E-state index contributed by atoms with van der Waals surface area (Å²) in [7, 11) is 0. The van der Waals surface area contributed by atoms with Crippen molar-refractivity contribution in [2.24, 2.45) is 0 Å². The highest BCUT2D eigenvalue weighted by Gasteiger charge is 2.31. The van der Waals surface area contributed by atoms with Gasteiger partial charge in [0.2, 0.25) is 0 Å². The molecule has 3 rings (SSSR count). The van der Waals surface area contributed by atoms with Crippen molar-refractivity contribution in [2.75, 3.05) is 23.3 Å². The van der Waals surface area contributed by atoms with Crippen LogP contribution in [-0.2, 0) is 6.18 Å². The molecular weight excluding hydrogens is 323 g/mol. The van der Waals surface area contributed by atoms with Crippen molar-refractivity contribution < 1.29 is 18.0 Å². The van der Waals surface area contributed by atoms with E-state index >= 15 is 0 Å². The number of aromatic nitrogens is 3. The molecule has 0 bridgehead atoms. The Morgan fingerprint density at radius 1 is 1.12 bits per heavy atom. The lowest BCUT2D eigenvalue weighted by atomic mass is 10.2. The second-order valence-electron chi connectivity index (χ2n) is 5.39. The maximum atomic E-state index is 12.6. The number of pyridine rings is 1. The van der Waals surface area contributed by atoms with Crippen molar-refractivity contribution in [3.8, 4) is 0 Å². The number of nitrogens with one attached hydrogen (secondary N) is 1. The first-order valence-corrected chi connectivity index (χ1v) is 7.36. The lowest BCUT2D eigenvalue weighted by molar-refractivity contribution is -0.137. The maximum Gasteiger partial charge on any atom is 0.417 e. The minimum atomic E-state index is -4.52. The topological polar surface area (TPSA) is 71.0 Å². The number of hydrogen-bond donors (Lipinski definition) is 1. The number of carbonyl (C=O) groups excluding carboxylic acids is 1. The lowest BCUT2D eigenvalue weighted by Crippen LogP contribution is -2.21. The Morgan fingerprint density at radius 3 is 2.50 bits per heavy atom. The molecule has 1 fully saturated rings. The minimum absolute atomic E-state index is 0.0235. The summed E-state index contributed by atoms with van der Waals surface area (Å²) in [6.07, 6.45) is -0.511. The fraction of sp³-hybridized carbons (Fsp3) is 0.333. The molecule has 2 aromatic heterocycles. The predicted molar refractivity (Wildman–Crippen MR) is 80.7 cm³/mol. The zero-order chi connectivity index (χ0) is 17.2. The van der Waals surface area contributed by atoms with Gasteiger partial charge in [-0.1, -0.05) is 0 Å². The van der Waals surface area contributed by atoms with Crippen LogP contribution in [-0.4, -0.2) is 34.2 Å². The average Bonchev–Trinajstić information content (AvgIpc) is 3.09. The SMILES string of the molecule is O=C(Nc1cncc(C(F)(F)F)c1)c1ccc(N2CCCC2)nn1. The Kier molecular flexibility index (Phi) is 4.32. The van der Waals surface area contributed by atoms with E-state index in [1.54, 1.807) is 6.07 Å². The molecule has 0 aromatic carbocycles. The van der Waals surface area contributed by atoms with Crippen molar-refractivity contribution >= 4 is 17.4 Å². The normalized spacial score (nSPS) is 14.7. The van der Waals surface area contributed by atoms with E-state index in [-0.39, 0.29) is 11.4 Å². The van der Waals surface area contributed by atoms with E-state index in [0.29, 0.717) is 12.0 Å². The fourth-order valence-electron chi connectivity index (χ4n) is 2.42. The number of nitrogens with zero attached hydrogens (tertiary/aromatic N) is 4. The number of carbonyl (C=O) groups is 1. The van der Waals surface area contributed by atoms with Crippen molar-refractivity contribution in [2.45, 2.75) is 19.0 Å². The summed E-state index contributed by atoms with van der Waals surface area (Å²) >= 11 is 0. The largest absolute Gasteiger partial charge is 0.417 e. The van der Waals surface area contributed by atoms with Crippen LogP contribution in [0.3, 0.4) is 0 Å². The third-order valence-corrected chi connectivity index (χ3v) is 3.64. The van der Waals surface area contributed by atoms with E-state index in [1.807, 2.05) is 0 Å². The Balaban J connectivity index is 1.70. The number of amides is 1. The van der Waals surface area contributed by atoms with Gasteiger partial charge in [0.25, 0.3) is 5.91 Å². The molecule has 6 nitrogen and oxygen atoms in total. The highest BCUT2D eigenvalue weighted by atomic mass is 19.4. The monoisotopic (exact) mass is 337 g/mol. The lowest BCUT2D eigenvalue weighted by Gasteiger charge is -2.15. The summed E-state index contributed by atoms with van der Waals surface area (Å²) in [5.41, 5.74) is -0.966. The summed E-state index contributed by atoms with van der Waals surface area (Å²) < 4.78 is 37.9. The Bertz CT molecular complexity index is 727. The summed E-state index contributed by atoms with van der Waals surface area (Å²) in [6, 6.07) is 3.99. The van der Waals surface area contributed by atoms with E-state index in [0.717, 1.165) is 38.2 Å². The molecule has 0 unspecified atom stereocenters. The van der Waals surface area contributed by atoms with Crippen LogP contribution in [0.1, 0.15) is 28.9 Å². The van der Waals surface area contributed by atoms with Gasteiger partial charge in [-0.3, -0.25) is 9.78 Å². The van der Waals surface area contributed by atoms with Gasteiger partial charge in [0, 0.05) is 19.3 Å². The first-order valence-electron chi connectivity index (χ1n) is 7.36. The molecule has 0 radical (unpaired) electrons. The smallest absolute Gasteiger partial charge is 0.355 e. The zero-order valence-electron chi connectivity index (χ0n) is 12.5. The standard InChI is InChI=1S/C15H14F3N5O/c16-15(17,18)10-7-11(9-19-8-10)20-14(24)12-3-4-13(22-21-12)23-5-1-2-6-23/h3-4,7-9H,1-2,5-6H2,(H,20,24). The van der Waals surface area contributed by atoms with Gasteiger partial charge < -0.3 is 10.2 Å². The van der Waals surface area contributed by atoms with Crippen molar-refractivity contribution in [3.63, 3.8) is 0 Å². The van der Waals surface area contributed by atoms with Crippen LogP contribution >= 0.6 is 0 Å². The van der Waals surface area contributed by atoms with E-state index in [1.165, 1.54) is 6.07 Å². The third-order valence-electron chi connectivity index (χ3n) is 3.64. The van der Waals surface area contributed by atoms with Crippen LogP contribution in [0.25, 0.3) is 0 Å². The number of anilines is 2. The quantitative estimate of drug-likeness (QED) is 0.932. The summed E-state index contributed by atoms with van der Waals surface area (Å²) in [5.74, 6) is 0.0429. The van der Waals surface area contributed by atoms with Gasteiger partial charge in [-0.2, -0.15) is 13.2 Å². The molecule has 3 heterocycles. The van der Waals surface area contributed by atoms with E-state index in [4.69, 9.17) is 0 Å². The minimum Gasteiger partial charge on any atom is -0.355 e. The summed E-state index contributed by atoms with van der Waals surface area (Å²) in [6.45, 7) is 1.80. The highest BCUT2D eigenvalue weighted by molar-refractivity contribution is 6.02. The van der Waals surface area contributed by atoms with E-state index in [2.05, 4.69) is 25.4 Å². The molecule has 1 N–H and O–H groups in total. The van der Waals surface area contributed by atoms with Gasteiger partial charge in [-0.25, -0.2) is 0 Å². The second-order valence-corrected chi connectivity index (χ2v) is 5.39. The van der Waals surface area contributed by atoms with Crippen LogP contribution in [0, 0.1) is 0 Å². The third kappa shape index (κ3) is 3.61. The maximum absolute atomic E-state index is 12.6. The van der Waals surface area contributed by atoms with Crippen LogP contribution in [0.4, 0.5) is 24.7 Å². The van der Waals surface area contributed by atoms with Crippen molar-refractivity contribution in [3.05, 3.63) is 41.9 Å². The molecule has 24 heavy (non-hydrogen) atoms. The van der Waals surface area contributed by atoms with Gasteiger partial charge in [-0.15, -0.1) is 10.2 Å². The molecule has 126 valence electrons. The fourth-order valence-corrected chi connectivity index (χ4v) is 2.42. The number of rotatable bonds is 3. The molecule has 1 aliphatic rings. The van der Waals surface area contributed by atoms with Gasteiger partial charge in [0.15, 0.2) is 11.5 Å². The molecule has 1 amide bonds.